The molecule has 0 aliphatic carbocycles. The molecule has 0 unspecified atom stereocenters. The average molecular weight is 290 g/mol. The zero-order valence-electron chi connectivity index (χ0n) is 9.65. The Morgan fingerprint density at radius 2 is 2.00 bits per heavy atom. The standard InChI is InChI=1S/C13H8ClN3OS/c14-11-10(7-6-9-4-2-1-3-5-9)16-13-17(12(11)18)15-8-19-13/h1-8H/b7-6+. The lowest BCUT2D eigenvalue weighted by molar-refractivity contribution is 0.897. The van der Waals surface area contributed by atoms with Crippen LogP contribution in [-0.2, 0) is 0 Å². The van der Waals surface area contributed by atoms with Crippen LogP contribution < -0.4 is 5.56 Å². The van der Waals surface area contributed by atoms with Crippen molar-refractivity contribution in [2.24, 2.45) is 0 Å². The molecule has 0 saturated heterocycles. The van der Waals surface area contributed by atoms with E-state index in [-0.39, 0.29) is 10.6 Å². The fraction of sp³-hybridized carbons (Fsp3) is 0. The zero-order valence-corrected chi connectivity index (χ0v) is 11.2. The third-order valence-corrected chi connectivity index (χ3v) is 3.59. The van der Waals surface area contributed by atoms with Gasteiger partial charge in [-0.1, -0.05) is 59.3 Å². The van der Waals surface area contributed by atoms with Crippen molar-refractivity contribution in [3.8, 4) is 0 Å². The second kappa shape index (κ2) is 4.95. The molecule has 0 fully saturated rings. The molecule has 3 aromatic rings. The second-order valence-electron chi connectivity index (χ2n) is 3.79. The first-order valence-corrected chi connectivity index (χ1v) is 6.76. The van der Waals surface area contributed by atoms with Gasteiger partial charge in [-0.3, -0.25) is 4.79 Å². The normalized spacial score (nSPS) is 11.4. The number of halogens is 1. The summed E-state index contributed by atoms with van der Waals surface area (Å²) < 4.78 is 1.20. The Hall–Kier alpha value is -1.98. The van der Waals surface area contributed by atoms with Crippen molar-refractivity contribution in [2.45, 2.75) is 0 Å². The number of rotatable bonds is 2. The van der Waals surface area contributed by atoms with Crippen molar-refractivity contribution in [3.05, 3.63) is 62.5 Å². The van der Waals surface area contributed by atoms with Crippen LogP contribution >= 0.6 is 22.9 Å². The Labute approximate surface area is 117 Å². The highest BCUT2D eigenvalue weighted by molar-refractivity contribution is 7.14. The zero-order chi connectivity index (χ0) is 13.2. The van der Waals surface area contributed by atoms with Crippen LogP contribution in [0.5, 0.6) is 0 Å². The maximum atomic E-state index is 11.9. The van der Waals surface area contributed by atoms with E-state index < -0.39 is 0 Å². The summed E-state index contributed by atoms with van der Waals surface area (Å²) in [5.41, 5.74) is 2.69. The summed E-state index contributed by atoms with van der Waals surface area (Å²) in [5, 5.41) is 3.97. The highest BCUT2D eigenvalue weighted by Gasteiger charge is 2.09. The van der Waals surface area contributed by atoms with E-state index in [1.54, 1.807) is 11.6 Å². The molecule has 0 bridgehead atoms. The summed E-state index contributed by atoms with van der Waals surface area (Å²) in [6.45, 7) is 0. The van der Waals surface area contributed by atoms with Gasteiger partial charge < -0.3 is 0 Å². The summed E-state index contributed by atoms with van der Waals surface area (Å²) in [5.74, 6) is 0. The summed E-state index contributed by atoms with van der Waals surface area (Å²) in [7, 11) is 0. The van der Waals surface area contributed by atoms with Crippen LogP contribution in [0.15, 0.2) is 40.6 Å². The topological polar surface area (TPSA) is 47.3 Å². The van der Waals surface area contributed by atoms with Gasteiger partial charge in [-0.2, -0.15) is 9.61 Å². The highest BCUT2D eigenvalue weighted by atomic mass is 35.5. The maximum Gasteiger partial charge on any atom is 0.294 e. The number of fused-ring (bicyclic) bond motifs is 1. The van der Waals surface area contributed by atoms with E-state index in [0.717, 1.165) is 5.56 Å². The van der Waals surface area contributed by atoms with Gasteiger partial charge in [0.1, 0.15) is 10.5 Å². The highest BCUT2D eigenvalue weighted by Crippen LogP contribution is 2.15. The molecule has 4 nitrogen and oxygen atoms in total. The first-order chi connectivity index (χ1) is 9.25. The van der Waals surface area contributed by atoms with Crippen LogP contribution in [0.1, 0.15) is 11.3 Å². The second-order valence-corrected chi connectivity index (χ2v) is 4.98. The third-order valence-electron chi connectivity index (χ3n) is 2.56. The average Bonchev–Trinajstić information content (AvgIpc) is 2.91. The minimum absolute atomic E-state index is 0.0792. The van der Waals surface area contributed by atoms with Gasteiger partial charge in [-0.05, 0) is 11.6 Å². The first-order valence-electron chi connectivity index (χ1n) is 5.51. The Morgan fingerprint density at radius 3 is 2.79 bits per heavy atom. The predicted octanol–water partition coefficient (Wildman–Crippen LogP) is 2.97. The largest absolute Gasteiger partial charge is 0.294 e. The van der Waals surface area contributed by atoms with Crippen molar-refractivity contribution in [2.75, 3.05) is 0 Å². The maximum absolute atomic E-state index is 11.9. The lowest BCUT2D eigenvalue weighted by Gasteiger charge is -1.98. The Bertz CT molecular complexity index is 808. The van der Waals surface area contributed by atoms with E-state index in [1.807, 2.05) is 36.4 Å². The van der Waals surface area contributed by atoms with Crippen LogP contribution in [0.2, 0.25) is 5.02 Å². The SMILES string of the molecule is O=c1c(Cl)c(/C=C/c2ccccc2)nc2scnn12. The minimum Gasteiger partial charge on any atom is -0.266 e. The molecule has 0 spiro atoms. The van der Waals surface area contributed by atoms with Gasteiger partial charge in [-0.25, -0.2) is 4.98 Å². The minimum atomic E-state index is -0.347. The van der Waals surface area contributed by atoms with Crippen LogP contribution in [-0.4, -0.2) is 14.6 Å². The summed E-state index contributed by atoms with van der Waals surface area (Å²) in [6.07, 6.45) is 3.60. The van der Waals surface area contributed by atoms with Crippen molar-refractivity contribution in [1.29, 1.82) is 0 Å². The molecule has 1 aromatic carbocycles. The molecule has 2 heterocycles. The molecule has 0 atom stereocenters. The number of nitrogens with zero attached hydrogens (tertiary/aromatic N) is 3. The molecule has 6 heteroatoms. The molecular weight excluding hydrogens is 282 g/mol. The molecule has 0 radical (unpaired) electrons. The number of hydrogen-bond donors (Lipinski definition) is 0. The number of hydrogen-bond acceptors (Lipinski definition) is 4. The smallest absolute Gasteiger partial charge is 0.266 e. The fourth-order valence-electron chi connectivity index (χ4n) is 1.63. The molecule has 0 aliphatic rings. The van der Waals surface area contributed by atoms with Crippen molar-refractivity contribution >= 4 is 40.1 Å². The van der Waals surface area contributed by atoms with Gasteiger partial charge in [0.2, 0.25) is 4.96 Å². The van der Waals surface area contributed by atoms with Gasteiger partial charge in [-0.15, -0.1) is 0 Å². The van der Waals surface area contributed by atoms with Gasteiger partial charge in [0.25, 0.3) is 5.56 Å². The molecule has 0 amide bonds. The number of benzene rings is 1. The van der Waals surface area contributed by atoms with E-state index in [0.29, 0.717) is 10.7 Å². The van der Waals surface area contributed by atoms with Gasteiger partial charge in [0.15, 0.2) is 0 Å². The van der Waals surface area contributed by atoms with Crippen molar-refractivity contribution in [1.82, 2.24) is 14.6 Å². The molecule has 19 heavy (non-hydrogen) atoms. The molecule has 3 rings (SSSR count). The number of aromatic nitrogens is 3. The third kappa shape index (κ3) is 2.30. The summed E-state index contributed by atoms with van der Waals surface area (Å²) in [6, 6.07) is 9.75. The molecule has 2 aromatic heterocycles. The van der Waals surface area contributed by atoms with Crippen LogP contribution in [0, 0.1) is 0 Å². The van der Waals surface area contributed by atoms with Crippen molar-refractivity contribution in [3.63, 3.8) is 0 Å². The monoisotopic (exact) mass is 289 g/mol. The van der Waals surface area contributed by atoms with Gasteiger partial charge in [0, 0.05) is 0 Å². The molecule has 0 N–H and O–H groups in total. The summed E-state index contributed by atoms with van der Waals surface area (Å²) >= 11 is 7.31. The van der Waals surface area contributed by atoms with Crippen LogP contribution in [0.25, 0.3) is 17.1 Å². The first kappa shape index (κ1) is 12.1. The predicted molar refractivity (Wildman–Crippen MR) is 77.5 cm³/mol. The molecule has 94 valence electrons. The lowest BCUT2D eigenvalue weighted by Crippen LogP contribution is -2.16. The van der Waals surface area contributed by atoms with Gasteiger partial charge >= 0.3 is 0 Å². The lowest BCUT2D eigenvalue weighted by atomic mass is 10.2. The van der Waals surface area contributed by atoms with E-state index in [9.17, 15) is 4.79 Å². The molecule has 0 saturated carbocycles. The molecular formula is C13H8ClN3OS. The summed E-state index contributed by atoms with van der Waals surface area (Å²) in [4.78, 5) is 16.8. The fourth-order valence-corrected chi connectivity index (χ4v) is 2.44. The van der Waals surface area contributed by atoms with E-state index in [4.69, 9.17) is 11.6 Å². The van der Waals surface area contributed by atoms with E-state index in [1.165, 1.54) is 15.9 Å². The van der Waals surface area contributed by atoms with E-state index in [2.05, 4.69) is 10.1 Å². The quantitative estimate of drug-likeness (QED) is 0.729. The molecule has 0 aliphatic heterocycles. The van der Waals surface area contributed by atoms with Gasteiger partial charge in [0.05, 0.1) is 5.69 Å². The Balaban J connectivity index is 2.08. The van der Waals surface area contributed by atoms with E-state index >= 15 is 0 Å². The Kier molecular flexibility index (Phi) is 3.15. The van der Waals surface area contributed by atoms with Crippen molar-refractivity contribution < 1.29 is 0 Å². The van der Waals surface area contributed by atoms with Crippen LogP contribution in [0.3, 0.4) is 0 Å². The van der Waals surface area contributed by atoms with Crippen LogP contribution in [0.4, 0.5) is 0 Å². The Morgan fingerprint density at radius 1 is 1.21 bits per heavy atom.